The summed E-state index contributed by atoms with van der Waals surface area (Å²) in [6.45, 7) is 5.21. The number of rotatable bonds is 5. The highest BCUT2D eigenvalue weighted by molar-refractivity contribution is 14.1. The van der Waals surface area contributed by atoms with Crippen LogP contribution in [0.25, 0.3) is 0 Å². The molecule has 1 atom stereocenters. The molecule has 0 radical (unpaired) electrons. The number of aryl methyl sites for hydroxylation is 1. The molecule has 1 unspecified atom stereocenters. The van der Waals surface area contributed by atoms with Gasteiger partial charge in [-0.3, -0.25) is 0 Å². The second kappa shape index (κ2) is 7.82. The SMILES string of the molecule is CCCNC(c1cc(Cl)ccc1Cl)c1cccc(C)c1I. The first-order valence-electron chi connectivity index (χ1n) is 6.98. The summed E-state index contributed by atoms with van der Waals surface area (Å²) in [5, 5.41) is 5.04. The lowest BCUT2D eigenvalue weighted by Crippen LogP contribution is -2.24. The third-order valence-electron chi connectivity index (χ3n) is 3.40. The van der Waals surface area contributed by atoms with Crippen molar-refractivity contribution >= 4 is 45.8 Å². The van der Waals surface area contributed by atoms with Crippen molar-refractivity contribution < 1.29 is 0 Å². The Morgan fingerprint density at radius 2 is 1.90 bits per heavy atom. The van der Waals surface area contributed by atoms with Crippen LogP contribution in [0.4, 0.5) is 0 Å². The summed E-state index contributed by atoms with van der Waals surface area (Å²) in [5.41, 5.74) is 3.55. The molecule has 2 rings (SSSR count). The van der Waals surface area contributed by atoms with E-state index in [-0.39, 0.29) is 6.04 Å². The number of benzene rings is 2. The highest BCUT2D eigenvalue weighted by Crippen LogP contribution is 2.33. The van der Waals surface area contributed by atoms with Gasteiger partial charge < -0.3 is 5.32 Å². The number of nitrogens with one attached hydrogen (secondary N) is 1. The number of hydrogen-bond donors (Lipinski definition) is 1. The molecule has 0 heterocycles. The molecule has 2 aromatic carbocycles. The number of halogens is 3. The van der Waals surface area contributed by atoms with E-state index in [1.807, 2.05) is 18.2 Å². The maximum atomic E-state index is 6.41. The van der Waals surface area contributed by atoms with Gasteiger partial charge in [0.15, 0.2) is 0 Å². The Labute approximate surface area is 150 Å². The van der Waals surface area contributed by atoms with Crippen molar-refractivity contribution in [1.82, 2.24) is 5.32 Å². The van der Waals surface area contributed by atoms with Crippen molar-refractivity contribution in [2.24, 2.45) is 0 Å². The standard InChI is InChI=1S/C17H18Cl2IN/c1-3-9-21-17(13-6-4-5-11(2)16(13)20)14-10-12(18)7-8-15(14)19/h4-8,10,17,21H,3,9H2,1-2H3. The Balaban J connectivity index is 2.52. The van der Waals surface area contributed by atoms with Gasteiger partial charge in [-0.05, 0) is 77.4 Å². The van der Waals surface area contributed by atoms with E-state index in [0.717, 1.165) is 23.6 Å². The first-order chi connectivity index (χ1) is 10.0. The molecule has 21 heavy (non-hydrogen) atoms. The predicted octanol–water partition coefficient (Wildman–Crippen LogP) is 6.00. The van der Waals surface area contributed by atoms with Gasteiger partial charge in [0.25, 0.3) is 0 Å². The van der Waals surface area contributed by atoms with Gasteiger partial charge in [-0.25, -0.2) is 0 Å². The Hall–Kier alpha value is -0.290. The van der Waals surface area contributed by atoms with Gasteiger partial charge in [0.2, 0.25) is 0 Å². The Morgan fingerprint density at radius 1 is 1.14 bits per heavy atom. The highest BCUT2D eigenvalue weighted by Gasteiger charge is 2.19. The van der Waals surface area contributed by atoms with Gasteiger partial charge >= 0.3 is 0 Å². The van der Waals surface area contributed by atoms with Gasteiger partial charge in [0.05, 0.1) is 6.04 Å². The van der Waals surface area contributed by atoms with Crippen LogP contribution in [0, 0.1) is 10.5 Å². The second-order valence-electron chi connectivity index (χ2n) is 5.03. The van der Waals surface area contributed by atoms with E-state index in [4.69, 9.17) is 23.2 Å². The summed E-state index contributed by atoms with van der Waals surface area (Å²) in [5.74, 6) is 0. The van der Waals surface area contributed by atoms with E-state index >= 15 is 0 Å². The van der Waals surface area contributed by atoms with Crippen molar-refractivity contribution in [3.63, 3.8) is 0 Å². The first-order valence-corrected chi connectivity index (χ1v) is 8.81. The lowest BCUT2D eigenvalue weighted by molar-refractivity contribution is 0.596. The molecule has 0 amide bonds. The van der Waals surface area contributed by atoms with E-state index in [0.29, 0.717) is 5.02 Å². The van der Waals surface area contributed by atoms with E-state index < -0.39 is 0 Å². The van der Waals surface area contributed by atoms with Crippen molar-refractivity contribution in [1.29, 1.82) is 0 Å². The minimum atomic E-state index is 0.0583. The molecular formula is C17H18Cl2IN. The van der Waals surface area contributed by atoms with Gasteiger partial charge in [-0.2, -0.15) is 0 Å². The predicted molar refractivity (Wildman–Crippen MR) is 100 cm³/mol. The summed E-state index contributed by atoms with van der Waals surface area (Å²) in [6.07, 6.45) is 1.07. The zero-order chi connectivity index (χ0) is 15.4. The molecule has 0 saturated carbocycles. The van der Waals surface area contributed by atoms with Crippen LogP contribution in [-0.4, -0.2) is 6.54 Å². The van der Waals surface area contributed by atoms with Gasteiger partial charge in [0, 0.05) is 13.6 Å². The molecule has 0 aliphatic rings. The minimum absolute atomic E-state index is 0.0583. The molecule has 2 aromatic rings. The molecule has 1 N–H and O–H groups in total. The van der Waals surface area contributed by atoms with Gasteiger partial charge in [-0.15, -0.1) is 0 Å². The lowest BCUT2D eigenvalue weighted by Gasteiger charge is -2.23. The highest BCUT2D eigenvalue weighted by atomic mass is 127. The third kappa shape index (κ3) is 4.13. The normalized spacial score (nSPS) is 12.4. The molecule has 0 aliphatic heterocycles. The zero-order valence-electron chi connectivity index (χ0n) is 12.1. The first kappa shape index (κ1) is 17.1. The number of hydrogen-bond acceptors (Lipinski definition) is 1. The fourth-order valence-electron chi connectivity index (χ4n) is 2.31. The van der Waals surface area contributed by atoms with Crippen molar-refractivity contribution in [3.8, 4) is 0 Å². The molecule has 1 nitrogen and oxygen atoms in total. The van der Waals surface area contributed by atoms with Crippen LogP contribution in [0.2, 0.25) is 10.0 Å². The average Bonchev–Trinajstić information content (AvgIpc) is 2.47. The van der Waals surface area contributed by atoms with Crippen LogP contribution in [0.3, 0.4) is 0 Å². The summed E-state index contributed by atoms with van der Waals surface area (Å²) >= 11 is 15.0. The zero-order valence-corrected chi connectivity index (χ0v) is 15.8. The smallest absolute Gasteiger partial charge is 0.0602 e. The van der Waals surface area contributed by atoms with Crippen LogP contribution in [0.5, 0.6) is 0 Å². The summed E-state index contributed by atoms with van der Waals surface area (Å²) in [4.78, 5) is 0. The van der Waals surface area contributed by atoms with Crippen LogP contribution in [0.15, 0.2) is 36.4 Å². The fourth-order valence-corrected chi connectivity index (χ4v) is 3.38. The second-order valence-corrected chi connectivity index (χ2v) is 6.95. The quantitative estimate of drug-likeness (QED) is 0.570. The Bertz CT molecular complexity index is 626. The molecule has 0 fully saturated rings. The van der Waals surface area contributed by atoms with Crippen LogP contribution in [-0.2, 0) is 0 Å². The Kier molecular flexibility index (Phi) is 6.35. The topological polar surface area (TPSA) is 12.0 Å². The van der Waals surface area contributed by atoms with E-state index in [1.165, 1.54) is 14.7 Å². The van der Waals surface area contributed by atoms with Gasteiger partial charge in [0.1, 0.15) is 0 Å². The molecule has 0 spiro atoms. The van der Waals surface area contributed by atoms with E-state index in [9.17, 15) is 0 Å². The molecule has 0 aliphatic carbocycles. The van der Waals surface area contributed by atoms with E-state index in [2.05, 4.69) is 60.0 Å². The molecule has 0 bridgehead atoms. The monoisotopic (exact) mass is 433 g/mol. The van der Waals surface area contributed by atoms with Crippen LogP contribution < -0.4 is 5.32 Å². The minimum Gasteiger partial charge on any atom is -0.306 e. The van der Waals surface area contributed by atoms with Crippen molar-refractivity contribution in [2.75, 3.05) is 6.54 Å². The summed E-state index contributed by atoms with van der Waals surface area (Å²) < 4.78 is 1.26. The summed E-state index contributed by atoms with van der Waals surface area (Å²) in [7, 11) is 0. The average molecular weight is 434 g/mol. The van der Waals surface area contributed by atoms with Crippen molar-refractivity contribution in [2.45, 2.75) is 26.3 Å². The van der Waals surface area contributed by atoms with Crippen LogP contribution in [0.1, 0.15) is 36.1 Å². The third-order valence-corrected chi connectivity index (χ3v) is 5.45. The maximum absolute atomic E-state index is 6.41. The molecule has 0 saturated heterocycles. The molecule has 112 valence electrons. The summed E-state index contributed by atoms with van der Waals surface area (Å²) in [6, 6.07) is 12.1. The largest absolute Gasteiger partial charge is 0.306 e. The molecule has 4 heteroatoms. The van der Waals surface area contributed by atoms with Gasteiger partial charge in [-0.1, -0.05) is 48.3 Å². The maximum Gasteiger partial charge on any atom is 0.0602 e. The molecular weight excluding hydrogens is 416 g/mol. The fraction of sp³-hybridized carbons (Fsp3) is 0.294. The van der Waals surface area contributed by atoms with Crippen molar-refractivity contribution in [3.05, 3.63) is 66.7 Å². The van der Waals surface area contributed by atoms with E-state index in [1.54, 1.807) is 0 Å². The molecule has 0 aromatic heterocycles. The van der Waals surface area contributed by atoms with Crippen LogP contribution >= 0.6 is 45.8 Å². The Morgan fingerprint density at radius 3 is 2.62 bits per heavy atom. The lowest BCUT2D eigenvalue weighted by atomic mass is 9.97.